The van der Waals surface area contributed by atoms with E-state index in [9.17, 15) is 9.18 Å². The van der Waals surface area contributed by atoms with E-state index in [0.29, 0.717) is 33.9 Å². The number of ketones is 1. The third kappa shape index (κ3) is 3.83. The highest BCUT2D eigenvalue weighted by atomic mass is 19.1. The predicted molar refractivity (Wildman–Crippen MR) is 105 cm³/mol. The summed E-state index contributed by atoms with van der Waals surface area (Å²) in [6.45, 7) is 1.85. The predicted octanol–water partition coefficient (Wildman–Crippen LogP) is 4.96. The van der Waals surface area contributed by atoms with Gasteiger partial charge in [-0.1, -0.05) is 36.4 Å². The number of halogens is 1. The Morgan fingerprint density at radius 1 is 0.893 bits per heavy atom. The summed E-state index contributed by atoms with van der Waals surface area (Å²) in [6, 6.07) is 16.8. The molecule has 0 amide bonds. The molecule has 3 aromatic rings. The van der Waals surface area contributed by atoms with E-state index in [1.54, 1.807) is 48.5 Å². The molecule has 0 aliphatic heterocycles. The molecule has 0 aromatic heterocycles. The Hall–Kier alpha value is -3.34. The van der Waals surface area contributed by atoms with Gasteiger partial charge in [-0.05, 0) is 36.8 Å². The fraction of sp³-hybridized carbons (Fsp3) is 0.174. The Labute approximate surface area is 163 Å². The van der Waals surface area contributed by atoms with E-state index >= 15 is 0 Å². The first-order valence-corrected chi connectivity index (χ1v) is 8.78. The Morgan fingerprint density at radius 2 is 1.61 bits per heavy atom. The molecule has 0 bridgehead atoms. The second kappa shape index (κ2) is 8.57. The molecule has 4 nitrogen and oxygen atoms in total. The molecule has 0 aliphatic rings. The topological polar surface area (TPSA) is 44.8 Å². The first-order chi connectivity index (χ1) is 13.6. The lowest BCUT2D eigenvalue weighted by Gasteiger charge is -2.16. The van der Waals surface area contributed by atoms with E-state index in [4.69, 9.17) is 14.2 Å². The summed E-state index contributed by atoms with van der Waals surface area (Å²) >= 11 is 0. The highest BCUT2D eigenvalue weighted by Crippen LogP contribution is 2.35. The number of ether oxygens (including phenoxy) is 3. The molecule has 3 rings (SSSR count). The smallest absolute Gasteiger partial charge is 0.200 e. The molecule has 0 atom stereocenters. The second-order valence-electron chi connectivity index (χ2n) is 6.20. The number of methoxy groups -OCH3 is 2. The van der Waals surface area contributed by atoms with Gasteiger partial charge in [-0.25, -0.2) is 4.39 Å². The Balaban J connectivity index is 1.99. The molecule has 144 valence electrons. The fourth-order valence-electron chi connectivity index (χ4n) is 3.02. The zero-order valence-electron chi connectivity index (χ0n) is 16.0. The van der Waals surface area contributed by atoms with Crippen LogP contribution in [-0.2, 0) is 6.61 Å². The molecule has 0 radical (unpaired) electrons. The van der Waals surface area contributed by atoms with Crippen LogP contribution in [0.4, 0.5) is 4.39 Å². The molecule has 0 N–H and O–H groups in total. The average molecular weight is 380 g/mol. The third-order valence-electron chi connectivity index (χ3n) is 4.45. The van der Waals surface area contributed by atoms with Crippen LogP contribution in [0.25, 0.3) is 0 Å². The standard InChI is InChI=1S/C23H21FO4/c1-15-8-6-12-19(28-14-16-9-4-5-11-18(16)24)21(15)22(25)17-10-7-13-20(26-2)23(17)27-3/h4-13H,14H2,1-3H3. The van der Waals surface area contributed by atoms with Crippen LogP contribution < -0.4 is 14.2 Å². The van der Waals surface area contributed by atoms with Crippen molar-refractivity contribution in [3.8, 4) is 17.2 Å². The average Bonchev–Trinajstić information content (AvgIpc) is 2.72. The van der Waals surface area contributed by atoms with Crippen molar-refractivity contribution in [1.29, 1.82) is 0 Å². The molecule has 0 saturated carbocycles. The molecule has 0 unspecified atom stereocenters. The van der Waals surface area contributed by atoms with Crippen LogP contribution in [0.1, 0.15) is 27.0 Å². The molecule has 3 aromatic carbocycles. The van der Waals surface area contributed by atoms with Crippen LogP contribution in [0.5, 0.6) is 17.2 Å². The van der Waals surface area contributed by atoms with Crippen LogP contribution in [0, 0.1) is 12.7 Å². The lowest BCUT2D eigenvalue weighted by molar-refractivity contribution is 0.103. The fourth-order valence-corrected chi connectivity index (χ4v) is 3.02. The van der Waals surface area contributed by atoms with E-state index < -0.39 is 0 Å². The SMILES string of the molecule is COc1cccc(C(=O)c2c(C)cccc2OCc2ccccc2F)c1OC. The van der Waals surface area contributed by atoms with Crippen molar-refractivity contribution in [2.75, 3.05) is 14.2 Å². The summed E-state index contributed by atoms with van der Waals surface area (Å²) in [5.74, 6) is 0.613. The molecule has 28 heavy (non-hydrogen) atoms. The van der Waals surface area contributed by atoms with E-state index in [2.05, 4.69) is 0 Å². The maximum absolute atomic E-state index is 13.9. The van der Waals surface area contributed by atoms with Gasteiger partial charge in [-0.2, -0.15) is 0 Å². The van der Waals surface area contributed by atoms with Crippen LogP contribution >= 0.6 is 0 Å². The van der Waals surface area contributed by atoms with Crippen molar-refractivity contribution >= 4 is 5.78 Å². The lowest BCUT2D eigenvalue weighted by atomic mass is 9.97. The molecular weight excluding hydrogens is 359 g/mol. The molecule has 0 saturated heterocycles. The van der Waals surface area contributed by atoms with Crippen LogP contribution in [0.15, 0.2) is 60.7 Å². The van der Waals surface area contributed by atoms with Crippen molar-refractivity contribution in [3.63, 3.8) is 0 Å². The minimum absolute atomic E-state index is 0.0195. The number of hydrogen-bond donors (Lipinski definition) is 0. The molecule has 0 spiro atoms. The molecular formula is C23H21FO4. The summed E-state index contributed by atoms with van der Waals surface area (Å²) < 4.78 is 30.4. The van der Waals surface area contributed by atoms with E-state index in [1.807, 2.05) is 13.0 Å². The first-order valence-electron chi connectivity index (χ1n) is 8.78. The molecule has 5 heteroatoms. The highest BCUT2D eigenvalue weighted by Gasteiger charge is 2.23. The normalized spacial score (nSPS) is 10.4. The van der Waals surface area contributed by atoms with Crippen molar-refractivity contribution in [2.24, 2.45) is 0 Å². The molecule has 0 aliphatic carbocycles. The summed E-state index contributed by atoms with van der Waals surface area (Å²) in [6.07, 6.45) is 0. The van der Waals surface area contributed by atoms with Gasteiger partial charge in [0.2, 0.25) is 5.78 Å². The van der Waals surface area contributed by atoms with Crippen LogP contribution in [-0.4, -0.2) is 20.0 Å². The van der Waals surface area contributed by atoms with Gasteiger partial charge in [0, 0.05) is 5.56 Å². The van der Waals surface area contributed by atoms with Crippen molar-refractivity contribution in [2.45, 2.75) is 13.5 Å². The summed E-state index contributed by atoms with van der Waals surface area (Å²) in [5, 5.41) is 0. The third-order valence-corrected chi connectivity index (χ3v) is 4.45. The molecule has 0 heterocycles. The minimum Gasteiger partial charge on any atom is -0.493 e. The first kappa shape index (κ1) is 19.4. The van der Waals surface area contributed by atoms with Gasteiger partial charge in [0.25, 0.3) is 0 Å². The monoisotopic (exact) mass is 380 g/mol. The van der Waals surface area contributed by atoms with E-state index in [0.717, 1.165) is 5.56 Å². The Kier molecular flexibility index (Phi) is 5.94. The number of aryl methyl sites for hydroxylation is 1. The number of benzene rings is 3. The minimum atomic E-state index is -0.350. The second-order valence-corrected chi connectivity index (χ2v) is 6.20. The van der Waals surface area contributed by atoms with Crippen molar-refractivity contribution in [1.82, 2.24) is 0 Å². The zero-order chi connectivity index (χ0) is 20.1. The van der Waals surface area contributed by atoms with Gasteiger partial charge in [0.1, 0.15) is 18.2 Å². The van der Waals surface area contributed by atoms with Gasteiger partial charge < -0.3 is 14.2 Å². The van der Waals surface area contributed by atoms with Crippen molar-refractivity contribution < 1.29 is 23.4 Å². The quantitative estimate of drug-likeness (QED) is 0.544. The van der Waals surface area contributed by atoms with Crippen LogP contribution in [0.3, 0.4) is 0 Å². The van der Waals surface area contributed by atoms with Gasteiger partial charge >= 0.3 is 0 Å². The molecule has 0 fully saturated rings. The van der Waals surface area contributed by atoms with E-state index in [-0.39, 0.29) is 18.2 Å². The largest absolute Gasteiger partial charge is 0.493 e. The lowest BCUT2D eigenvalue weighted by Crippen LogP contribution is -2.10. The number of hydrogen-bond acceptors (Lipinski definition) is 4. The van der Waals surface area contributed by atoms with Crippen LogP contribution in [0.2, 0.25) is 0 Å². The number of carbonyl (C=O) groups excluding carboxylic acids is 1. The summed E-state index contributed by atoms with van der Waals surface area (Å²) in [7, 11) is 3.00. The maximum atomic E-state index is 13.9. The Morgan fingerprint density at radius 3 is 2.32 bits per heavy atom. The van der Waals surface area contributed by atoms with Gasteiger partial charge in [-0.3, -0.25) is 4.79 Å². The Bertz CT molecular complexity index is 998. The summed E-state index contributed by atoms with van der Waals surface area (Å²) in [5.41, 5.74) is 1.94. The summed E-state index contributed by atoms with van der Waals surface area (Å²) in [4.78, 5) is 13.3. The maximum Gasteiger partial charge on any atom is 0.200 e. The highest BCUT2D eigenvalue weighted by molar-refractivity contribution is 6.13. The van der Waals surface area contributed by atoms with Gasteiger partial charge in [0.15, 0.2) is 11.5 Å². The number of para-hydroxylation sites is 1. The van der Waals surface area contributed by atoms with Gasteiger partial charge in [0.05, 0.1) is 25.3 Å². The zero-order valence-corrected chi connectivity index (χ0v) is 16.0. The van der Waals surface area contributed by atoms with E-state index in [1.165, 1.54) is 20.3 Å². The van der Waals surface area contributed by atoms with Crippen molar-refractivity contribution in [3.05, 3.63) is 88.7 Å². The van der Waals surface area contributed by atoms with Gasteiger partial charge in [-0.15, -0.1) is 0 Å². The number of carbonyl (C=O) groups is 1. The number of rotatable bonds is 7.